The minimum absolute atomic E-state index is 0.145. The van der Waals surface area contributed by atoms with Crippen molar-refractivity contribution in [3.05, 3.63) is 77.1 Å². The Morgan fingerprint density at radius 1 is 0.893 bits per heavy atom. The second-order valence-corrected chi connectivity index (χ2v) is 6.29. The highest BCUT2D eigenvalue weighted by Gasteiger charge is 2.12. The van der Waals surface area contributed by atoms with Crippen molar-refractivity contribution in [1.29, 1.82) is 0 Å². The summed E-state index contributed by atoms with van der Waals surface area (Å²) in [5, 5.41) is 18.6. The van der Waals surface area contributed by atoms with Crippen LogP contribution in [0.1, 0.15) is 6.92 Å². The molecule has 138 valence electrons. The Hall–Kier alpha value is -4.00. The first-order valence-electron chi connectivity index (χ1n) is 8.69. The quantitative estimate of drug-likeness (QED) is 0.444. The molecule has 1 aromatic heterocycles. The molecule has 0 saturated carbocycles. The zero-order valence-electron chi connectivity index (χ0n) is 15.1. The predicted molar refractivity (Wildman–Crippen MR) is 109 cm³/mol. The molecule has 0 spiro atoms. The molecular weight excluding hydrogens is 354 g/mol. The van der Waals surface area contributed by atoms with Gasteiger partial charge in [-0.1, -0.05) is 36.4 Å². The number of nitrogens with zero attached hydrogens (tertiary/aromatic N) is 2. The summed E-state index contributed by atoms with van der Waals surface area (Å²) in [4.78, 5) is 23.3. The fourth-order valence-electron chi connectivity index (χ4n) is 2.92. The average molecular weight is 371 g/mol. The van der Waals surface area contributed by atoms with Crippen molar-refractivity contribution in [2.24, 2.45) is 10.2 Å². The first-order chi connectivity index (χ1) is 13.6. The van der Waals surface area contributed by atoms with Gasteiger partial charge in [-0.25, -0.2) is 0 Å². The van der Waals surface area contributed by atoms with E-state index in [4.69, 9.17) is 0 Å². The number of H-pyrrole nitrogens is 2. The maximum absolute atomic E-state index is 12.2. The van der Waals surface area contributed by atoms with E-state index in [2.05, 4.69) is 25.7 Å². The van der Waals surface area contributed by atoms with Crippen LogP contribution in [0, 0.1) is 0 Å². The van der Waals surface area contributed by atoms with Crippen LogP contribution in [0.3, 0.4) is 0 Å². The lowest BCUT2D eigenvalue weighted by molar-refractivity contribution is -0.114. The summed E-state index contributed by atoms with van der Waals surface area (Å²) in [5.41, 5.74) is 2.52. The number of carbonyl (C=O) groups is 1. The number of anilines is 1. The van der Waals surface area contributed by atoms with Gasteiger partial charge < -0.3 is 5.32 Å². The summed E-state index contributed by atoms with van der Waals surface area (Å²) in [6, 6.07) is 20.8. The zero-order chi connectivity index (χ0) is 19.5. The molecule has 0 fully saturated rings. The molecule has 0 atom stereocenters. The number of azo groups is 1. The average Bonchev–Trinajstić information content (AvgIpc) is 3.07. The third kappa shape index (κ3) is 3.59. The van der Waals surface area contributed by atoms with Gasteiger partial charge in [0.1, 0.15) is 0 Å². The summed E-state index contributed by atoms with van der Waals surface area (Å²) in [5.74, 6) is -0.145. The molecule has 3 N–H and O–H groups in total. The monoisotopic (exact) mass is 371 g/mol. The summed E-state index contributed by atoms with van der Waals surface area (Å²) in [7, 11) is 0. The molecule has 0 bridgehead atoms. The molecule has 1 amide bonds. The number of amides is 1. The molecule has 0 aliphatic heterocycles. The van der Waals surface area contributed by atoms with Crippen LogP contribution in [-0.2, 0) is 4.79 Å². The molecule has 4 aromatic rings. The van der Waals surface area contributed by atoms with Crippen LogP contribution in [0.25, 0.3) is 22.0 Å². The van der Waals surface area contributed by atoms with Crippen molar-refractivity contribution in [3.8, 4) is 11.3 Å². The van der Waals surface area contributed by atoms with E-state index in [1.165, 1.54) is 6.92 Å². The van der Waals surface area contributed by atoms with E-state index in [-0.39, 0.29) is 17.2 Å². The number of hydrogen-bond donors (Lipinski definition) is 3. The molecule has 0 unspecified atom stereocenters. The number of aromatic nitrogens is 2. The van der Waals surface area contributed by atoms with Crippen LogP contribution in [0.2, 0.25) is 0 Å². The van der Waals surface area contributed by atoms with Crippen molar-refractivity contribution in [2.75, 3.05) is 5.32 Å². The van der Waals surface area contributed by atoms with Crippen LogP contribution in [0.4, 0.5) is 17.1 Å². The normalized spacial score (nSPS) is 11.2. The Bertz CT molecular complexity index is 1240. The van der Waals surface area contributed by atoms with Crippen molar-refractivity contribution in [1.82, 2.24) is 10.2 Å². The summed E-state index contributed by atoms with van der Waals surface area (Å²) >= 11 is 0. The maximum Gasteiger partial charge on any atom is 0.292 e. The van der Waals surface area contributed by atoms with Gasteiger partial charge in [-0.2, -0.15) is 5.11 Å². The number of benzene rings is 3. The number of hydrogen-bond acceptors (Lipinski definition) is 4. The SMILES string of the molecule is CC(=O)Nc1ccc(N=Nc2c(-c3ccc4ccccc4c3)[nH][nH]c2=O)cc1. The molecule has 7 nitrogen and oxygen atoms in total. The Morgan fingerprint density at radius 2 is 1.64 bits per heavy atom. The van der Waals surface area contributed by atoms with Gasteiger partial charge in [0.2, 0.25) is 5.91 Å². The van der Waals surface area contributed by atoms with Gasteiger partial charge in [0.05, 0.1) is 11.4 Å². The number of aromatic amines is 2. The van der Waals surface area contributed by atoms with E-state index in [0.717, 1.165) is 16.3 Å². The molecule has 0 aliphatic carbocycles. The van der Waals surface area contributed by atoms with Crippen LogP contribution < -0.4 is 10.9 Å². The smallest absolute Gasteiger partial charge is 0.292 e. The highest BCUT2D eigenvalue weighted by atomic mass is 16.1. The van der Waals surface area contributed by atoms with Crippen LogP contribution in [0.15, 0.2) is 81.8 Å². The summed E-state index contributed by atoms with van der Waals surface area (Å²) in [6.45, 7) is 1.44. The summed E-state index contributed by atoms with van der Waals surface area (Å²) in [6.07, 6.45) is 0. The molecule has 4 rings (SSSR count). The lowest BCUT2D eigenvalue weighted by Gasteiger charge is -2.03. The van der Waals surface area contributed by atoms with Gasteiger partial charge in [0.25, 0.3) is 5.56 Å². The Kier molecular flexibility index (Phi) is 4.55. The maximum atomic E-state index is 12.2. The fourth-order valence-corrected chi connectivity index (χ4v) is 2.92. The van der Waals surface area contributed by atoms with E-state index in [9.17, 15) is 9.59 Å². The lowest BCUT2D eigenvalue weighted by Crippen LogP contribution is -2.04. The highest BCUT2D eigenvalue weighted by Crippen LogP contribution is 2.29. The third-order valence-corrected chi connectivity index (χ3v) is 4.24. The number of rotatable bonds is 4. The van der Waals surface area contributed by atoms with Gasteiger partial charge >= 0.3 is 0 Å². The van der Waals surface area contributed by atoms with Gasteiger partial charge in [0, 0.05) is 18.2 Å². The number of fused-ring (bicyclic) bond motifs is 1. The van der Waals surface area contributed by atoms with Gasteiger partial charge in [-0.05, 0) is 41.1 Å². The van der Waals surface area contributed by atoms with Crippen molar-refractivity contribution >= 4 is 33.7 Å². The van der Waals surface area contributed by atoms with Crippen molar-refractivity contribution < 1.29 is 4.79 Å². The predicted octanol–water partition coefficient (Wildman–Crippen LogP) is 4.90. The molecule has 0 saturated heterocycles. The van der Waals surface area contributed by atoms with E-state index in [1.54, 1.807) is 24.3 Å². The Morgan fingerprint density at radius 3 is 2.39 bits per heavy atom. The van der Waals surface area contributed by atoms with Crippen molar-refractivity contribution in [2.45, 2.75) is 6.92 Å². The minimum atomic E-state index is -0.346. The van der Waals surface area contributed by atoms with E-state index >= 15 is 0 Å². The first kappa shape index (κ1) is 17.4. The minimum Gasteiger partial charge on any atom is -0.326 e. The molecular formula is C21H17N5O2. The highest BCUT2D eigenvalue weighted by molar-refractivity contribution is 5.89. The van der Waals surface area contributed by atoms with Crippen LogP contribution >= 0.6 is 0 Å². The van der Waals surface area contributed by atoms with Gasteiger partial charge in [-0.15, -0.1) is 5.11 Å². The van der Waals surface area contributed by atoms with Crippen molar-refractivity contribution in [3.63, 3.8) is 0 Å². The second kappa shape index (κ2) is 7.32. The zero-order valence-corrected chi connectivity index (χ0v) is 15.1. The molecule has 7 heteroatoms. The molecule has 0 aliphatic rings. The molecule has 1 heterocycles. The number of carbonyl (C=O) groups excluding carboxylic acids is 1. The molecule has 28 heavy (non-hydrogen) atoms. The van der Waals surface area contributed by atoms with Crippen LogP contribution in [-0.4, -0.2) is 16.1 Å². The van der Waals surface area contributed by atoms with E-state index in [0.29, 0.717) is 17.1 Å². The topological polar surface area (TPSA) is 102 Å². The molecule has 0 radical (unpaired) electrons. The number of nitrogens with one attached hydrogen (secondary N) is 3. The lowest BCUT2D eigenvalue weighted by atomic mass is 10.0. The Labute approximate surface area is 160 Å². The summed E-state index contributed by atoms with van der Waals surface area (Å²) < 4.78 is 0. The third-order valence-electron chi connectivity index (χ3n) is 4.24. The molecule has 3 aromatic carbocycles. The fraction of sp³-hybridized carbons (Fsp3) is 0.0476. The van der Waals surface area contributed by atoms with Gasteiger partial charge in [0.15, 0.2) is 5.69 Å². The van der Waals surface area contributed by atoms with Crippen LogP contribution in [0.5, 0.6) is 0 Å². The van der Waals surface area contributed by atoms with E-state index in [1.807, 2.05) is 42.5 Å². The largest absolute Gasteiger partial charge is 0.326 e. The Balaban J connectivity index is 1.65. The van der Waals surface area contributed by atoms with E-state index < -0.39 is 0 Å². The first-order valence-corrected chi connectivity index (χ1v) is 8.69. The standard InChI is InChI=1S/C21H17N5O2/c1-13(27)22-17-8-10-18(11-9-17)23-25-20-19(24-26-21(20)28)16-7-6-14-4-2-3-5-15(14)12-16/h2-12H,1H3,(H,22,27)(H2,24,26,28). The van der Waals surface area contributed by atoms with Gasteiger partial charge in [-0.3, -0.25) is 19.8 Å². The second-order valence-electron chi connectivity index (χ2n) is 6.29.